The van der Waals surface area contributed by atoms with Gasteiger partial charge in [0, 0.05) is 32.6 Å². The molecular formula is C17H25N5O3S. The second kappa shape index (κ2) is 7.13. The van der Waals surface area contributed by atoms with Crippen molar-refractivity contribution >= 4 is 10.0 Å². The van der Waals surface area contributed by atoms with Gasteiger partial charge in [0.2, 0.25) is 0 Å². The Kier molecular flexibility index (Phi) is 4.85. The molecule has 0 radical (unpaired) electrons. The summed E-state index contributed by atoms with van der Waals surface area (Å²) >= 11 is 0. The van der Waals surface area contributed by atoms with E-state index in [0.29, 0.717) is 25.6 Å². The van der Waals surface area contributed by atoms with E-state index >= 15 is 0 Å². The molecule has 1 fully saturated rings. The average molecular weight is 379 g/mol. The monoisotopic (exact) mass is 379 g/mol. The Bertz CT molecular complexity index is 853. The molecule has 8 nitrogen and oxygen atoms in total. The quantitative estimate of drug-likeness (QED) is 0.761. The van der Waals surface area contributed by atoms with Gasteiger partial charge in [0.05, 0.1) is 37.5 Å². The maximum absolute atomic E-state index is 12.9. The second-order valence-corrected chi connectivity index (χ2v) is 9.19. The van der Waals surface area contributed by atoms with Crippen LogP contribution in [0.3, 0.4) is 0 Å². The molecule has 0 bridgehead atoms. The van der Waals surface area contributed by atoms with Crippen LogP contribution in [0.15, 0.2) is 30.1 Å². The number of rotatable bonds is 6. The highest BCUT2D eigenvalue weighted by Gasteiger charge is 2.34. The summed E-state index contributed by atoms with van der Waals surface area (Å²) < 4.78 is 37.0. The molecule has 26 heavy (non-hydrogen) atoms. The van der Waals surface area contributed by atoms with Crippen molar-refractivity contribution in [2.45, 2.75) is 43.3 Å². The molecular weight excluding hydrogens is 354 g/mol. The van der Waals surface area contributed by atoms with E-state index in [1.807, 2.05) is 4.57 Å². The van der Waals surface area contributed by atoms with E-state index in [1.54, 1.807) is 24.1 Å². The van der Waals surface area contributed by atoms with Crippen molar-refractivity contribution in [2.24, 2.45) is 13.0 Å². The Morgan fingerprint density at radius 2 is 2.04 bits per heavy atom. The first-order valence-corrected chi connectivity index (χ1v) is 10.5. The van der Waals surface area contributed by atoms with Gasteiger partial charge in [-0.3, -0.25) is 0 Å². The van der Waals surface area contributed by atoms with Crippen molar-refractivity contribution in [3.8, 4) is 0 Å². The highest BCUT2D eigenvalue weighted by atomic mass is 32.2. The summed E-state index contributed by atoms with van der Waals surface area (Å²) in [5.41, 5.74) is 0.880. The molecule has 9 heteroatoms. The largest absolute Gasteiger partial charge is 0.379 e. The minimum absolute atomic E-state index is 0.0684. The minimum atomic E-state index is -3.63. The molecule has 1 saturated carbocycles. The second-order valence-electron chi connectivity index (χ2n) is 7.31. The Morgan fingerprint density at radius 1 is 1.23 bits per heavy atom. The number of imidazole rings is 2. The molecule has 0 aromatic carbocycles. The maximum Gasteiger partial charge on any atom is 0.262 e. The zero-order chi connectivity index (χ0) is 18.1. The maximum atomic E-state index is 12.9. The third-order valence-corrected chi connectivity index (χ3v) is 7.01. The van der Waals surface area contributed by atoms with Crippen molar-refractivity contribution in [3.05, 3.63) is 30.7 Å². The van der Waals surface area contributed by atoms with Crippen molar-refractivity contribution in [1.29, 1.82) is 0 Å². The number of aromatic nitrogens is 4. The molecule has 2 aromatic heterocycles. The van der Waals surface area contributed by atoms with E-state index in [2.05, 4.69) is 9.97 Å². The van der Waals surface area contributed by atoms with Gasteiger partial charge >= 0.3 is 0 Å². The molecule has 0 saturated heterocycles. The number of aryl methyl sites for hydroxylation is 1. The predicted molar refractivity (Wildman–Crippen MR) is 94.8 cm³/mol. The number of ether oxygens (including phenoxy) is 1. The van der Waals surface area contributed by atoms with Crippen LogP contribution in [0.5, 0.6) is 0 Å². The van der Waals surface area contributed by atoms with Crippen LogP contribution < -0.4 is 0 Å². The van der Waals surface area contributed by atoms with Gasteiger partial charge in [-0.1, -0.05) is 12.8 Å². The van der Waals surface area contributed by atoms with Crippen LogP contribution >= 0.6 is 0 Å². The summed E-state index contributed by atoms with van der Waals surface area (Å²) in [4.78, 5) is 8.22. The number of sulfonamides is 1. The summed E-state index contributed by atoms with van der Waals surface area (Å²) in [6, 6.07) is -0.0684. The molecule has 1 aliphatic carbocycles. The van der Waals surface area contributed by atoms with Gasteiger partial charge in [0.1, 0.15) is 0 Å². The summed E-state index contributed by atoms with van der Waals surface area (Å²) in [5.74, 6) is 0.647. The van der Waals surface area contributed by atoms with Crippen LogP contribution in [0.25, 0.3) is 0 Å². The van der Waals surface area contributed by atoms with E-state index in [-0.39, 0.29) is 11.1 Å². The highest BCUT2D eigenvalue weighted by molar-refractivity contribution is 7.89. The van der Waals surface area contributed by atoms with Crippen LogP contribution in [-0.2, 0) is 28.4 Å². The lowest BCUT2D eigenvalue weighted by Crippen LogP contribution is -2.42. The number of hydrogen-bond donors (Lipinski definition) is 0. The first kappa shape index (κ1) is 17.7. The third-order valence-electron chi connectivity index (χ3n) is 5.32. The van der Waals surface area contributed by atoms with E-state index in [9.17, 15) is 8.42 Å². The number of hydrogen-bond acceptors (Lipinski definition) is 5. The molecule has 1 aliphatic heterocycles. The van der Waals surface area contributed by atoms with Crippen molar-refractivity contribution < 1.29 is 13.2 Å². The van der Waals surface area contributed by atoms with E-state index < -0.39 is 10.0 Å². The van der Waals surface area contributed by atoms with Gasteiger partial charge in [0.25, 0.3) is 10.0 Å². The fraction of sp³-hybridized carbons (Fsp3) is 0.647. The lowest BCUT2D eigenvalue weighted by molar-refractivity contribution is 0.0633. The molecule has 142 valence electrons. The van der Waals surface area contributed by atoms with Crippen LogP contribution in [0.1, 0.15) is 37.4 Å². The molecule has 1 atom stereocenters. The van der Waals surface area contributed by atoms with Gasteiger partial charge in [-0.05, 0) is 18.8 Å². The normalized spacial score (nSPS) is 22.0. The average Bonchev–Trinajstić information content (AvgIpc) is 3.35. The predicted octanol–water partition coefficient (Wildman–Crippen LogP) is 1.57. The lowest BCUT2D eigenvalue weighted by Gasteiger charge is -2.33. The van der Waals surface area contributed by atoms with Gasteiger partial charge in [-0.25, -0.2) is 18.4 Å². The molecule has 3 heterocycles. The van der Waals surface area contributed by atoms with Gasteiger partial charge in [-0.15, -0.1) is 0 Å². The van der Waals surface area contributed by atoms with E-state index in [0.717, 1.165) is 12.3 Å². The first-order chi connectivity index (χ1) is 12.5. The molecule has 0 N–H and O–H groups in total. The van der Waals surface area contributed by atoms with E-state index in [4.69, 9.17) is 4.74 Å². The third kappa shape index (κ3) is 3.43. The Labute approximate surface area is 153 Å². The first-order valence-electron chi connectivity index (χ1n) is 9.10. The molecule has 0 spiro atoms. The standard InChI is InChI=1S/C17H25N5O3S/c1-20-9-17(19-13-20)26(23,24)21-7-15-6-18-12-22(15)16(8-21)11-25-10-14-4-2-3-5-14/h6,9,12-14,16H,2-5,7-8,10-11H2,1H3. The number of fused-ring (bicyclic) bond motifs is 1. The van der Waals surface area contributed by atoms with Crippen molar-refractivity contribution in [2.75, 3.05) is 19.8 Å². The van der Waals surface area contributed by atoms with Crippen LogP contribution in [0.4, 0.5) is 0 Å². The summed E-state index contributed by atoms with van der Waals surface area (Å²) in [5, 5.41) is 0.0820. The summed E-state index contributed by atoms with van der Waals surface area (Å²) in [6.45, 7) is 1.92. The van der Waals surface area contributed by atoms with Gasteiger partial charge < -0.3 is 13.9 Å². The minimum Gasteiger partial charge on any atom is -0.379 e. The highest BCUT2D eigenvalue weighted by Crippen LogP contribution is 2.28. The van der Waals surface area contributed by atoms with Gasteiger partial charge in [0.15, 0.2) is 5.03 Å². The molecule has 0 amide bonds. The molecule has 1 unspecified atom stereocenters. The zero-order valence-electron chi connectivity index (χ0n) is 15.0. The van der Waals surface area contributed by atoms with Crippen LogP contribution in [0.2, 0.25) is 0 Å². The summed E-state index contributed by atoms with van der Waals surface area (Å²) in [6.07, 6.45) is 11.6. The Balaban J connectivity index is 1.48. The zero-order valence-corrected chi connectivity index (χ0v) is 15.8. The summed E-state index contributed by atoms with van der Waals surface area (Å²) in [7, 11) is -1.87. The van der Waals surface area contributed by atoms with Crippen LogP contribution in [-0.4, -0.2) is 51.6 Å². The van der Waals surface area contributed by atoms with Crippen molar-refractivity contribution in [3.63, 3.8) is 0 Å². The molecule has 2 aromatic rings. The van der Waals surface area contributed by atoms with E-state index in [1.165, 1.54) is 42.5 Å². The molecule has 2 aliphatic rings. The SMILES string of the molecule is Cn1cnc(S(=O)(=O)N2Cc3cncn3C(COCC3CCCC3)C2)c1. The number of nitrogens with zero attached hydrogens (tertiary/aromatic N) is 5. The smallest absolute Gasteiger partial charge is 0.262 e. The fourth-order valence-corrected chi connectivity index (χ4v) is 5.28. The lowest BCUT2D eigenvalue weighted by atomic mass is 10.1. The van der Waals surface area contributed by atoms with Gasteiger partial charge in [-0.2, -0.15) is 4.31 Å². The van der Waals surface area contributed by atoms with Crippen molar-refractivity contribution in [1.82, 2.24) is 23.4 Å². The Hall–Kier alpha value is -1.71. The Morgan fingerprint density at radius 3 is 2.77 bits per heavy atom. The topological polar surface area (TPSA) is 82.3 Å². The van der Waals surface area contributed by atoms with Crippen LogP contribution in [0, 0.1) is 5.92 Å². The fourth-order valence-electron chi connectivity index (χ4n) is 3.87. The molecule has 4 rings (SSSR count).